The minimum atomic E-state index is -0.529. The van der Waals surface area contributed by atoms with Gasteiger partial charge < -0.3 is 4.74 Å². The van der Waals surface area contributed by atoms with Crippen molar-refractivity contribution in [2.24, 2.45) is 4.99 Å². The second-order valence-electron chi connectivity index (χ2n) is 6.60. The summed E-state index contributed by atoms with van der Waals surface area (Å²) in [6.07, 6.45) is 5.55. The van der Waals surface area contributed by atoms with Crippen LogP contribution in [0.3, 0.4) is 0 Å². The number of aliphatic imine (C=N–C) groups is 1. The van der Waals surface area contributed by atoms with Gasteiger partial charge in [0.25, 0.3) is 0 Å². The van der Waals surface area contributed by atoms with Crippen molar-refractivity contribution < 1.29 is 4.74 Å². The molecule has 1 aliphatic heterocycles. The molecule has 0 saturated heterocycles. The fraction of sp³-hybridized carbons (Fsp3) is 0.0833. The van der Waals surface area contributed by atoms with Crippen molar-refractivity contribution in [1.82, 2.24) is 4.98 Å². The van der Waals surface area contributed by atoms with Gasteiger partial charge in [0, 0.05) is 23.5 Å². The summed E-state index contributed by atoms with van der Waals surface area (Å²) in [5, 5.41) is 0. The molecule has 2 aliphatic rings. The Labute approximate surface area is 158 Å². The van der Waals surface area contributed by atoms with Gasteiger partial charge in [0.2, 0.25) is 0 Å². The fourth-order valence-electron chi connectivity index (χ4n) is 4.43. The van der Waals surface area contributed by atoms with Crippen molar-refractivity contribution in [3.8, 4) is 11.5 Å². The van der Waals surface area contributed by atoms with Crippen LogP contribution in [0.1, 0.15) is 29.3 Å². The zero-order valence-corrected chi connectivity index (χ0v) is 15.0. The summed E-state index contributed by atoms with van der Waals surface area (Å²) >= 11 is 0. The highest BCUT2D eigenvalue weighted by Gasteiger charge is 2.52. The third-order valence-electron chi connectivity index (χ3n) is 5.36. The number of aromatic nitrogens is 1. The predicted octanol–water partition coefficient (Wildman–Crippen LogP) is 5.52. The molecule has 0 fully saturated rings. The molecule has 0 N–H and O–H groups in total. The number of allylic oxidation sites excluding steroid dienone is 2. The minimum Gasteiger partial charge on any atom is -0.457 e. The standard InChI is InChI=1S/C24H18N2O/c1-3-16-22(25-4-2)23-19(12-9-15-26-23)24(16)17-10-5-7-13-20(17)27-21-14-8-6-11-18(21)24/h3-15H,1H2,2H3/b25-4-. The maximum atomic E-state index is 6.25. The van der Waals surface area contributed by atoms with E-state index in [9.17, 15) is 0 Å². The number of para-hydroxylation sites is 2. The highest BCUT2D eigenvalue weighted by atomic mass is 16.5. The normalized spacial score (nSPS) is 16.0. The number of hydrogen-bond donors (Lipinski definition) is 0. The lowest BCUT2D eigenvalue weighted by Gasteiger charge is -2.39. The van der Waals surface area contributed by atoms with Crippen molar-refractivity contribution in [2.75, 3.05) is 0 Å². The molecular formula is C24H18N2O. The van der Waals surface area contributed by atoms with Gasteiger partial charge in [-0.25, -0.2) is 0 Å². The molecule has 0 atom stereocenters. The molecule has 5 rings (SSSR count). The van der Waals surface area contributed by atoms with Crippen LogP contribution < -0.4 is 4.74 Å². The molecule has 0 bridgehead atoms. The Bertz CT molecular complexity index is 1090. The molecule has 130 valence electrons. The first-order valence-electron chi connectivity index (χ1n) is 9.01. The molecule has 27 heavy (non-hydrogen) atoms. The number of fused-ring (bicyclic) bond motifs is 6. The van der Waals surface area contributed by atoms with E-state index in [1.54, 1.807) is 0 Å². The lowest BCUT2D eigenvalue weighted by molar-refractivity contribution is 0.435. The van der Waals surface area contributed by atoms with E-state index in [0.717, 1.165) is 45.2 Å². The SMILES string of the molecule is C=CC1=C(/N=C\C)c2ncccc2C12c1ccccc1Oc1ccccc12. The van der Waals surface area contributed by atoms with Crippen molar-refractivity contribution in [3.63, 3.8) is 0 Å². The topological polar surface area (TPSA) is 34.5 Å². The zero-order valence-electron chi connectivity index (χ0n) is 15.0. The second-order valence-corrected chi connectivity index (χ2v) is 6.60. The average Bonchev–Trinajstić information content (AvgIpc) is 2.99. The molecular weight excluding hydrogens is 332 g/mol. The van der Waals surface area contributed by atoms with Gasteiger partial charge in [0.1, 0.15) is 11.5 Å². The lowest BCUT2D eigenvalue weighted by atomic mass is 9.65. The number of rotatable bonds is 2. The third-order valence-corrected chi connectivity index (χ3v) is 5.36. The van der Waals surface area contributed by atoms with Crippen LogP contribution in [-0.2, 0) is 5.41 Å². The van der Waals surface area contributed by atoms with Crippen molar-refractivity contribution >= 4 is 11.9 Å². The van der Waals surface area contributed by atoms with Gasteiger partial charge in [-0.05, 0) is 36.3 Å². The summed E-state index contributed by atoms with van der Waals surface area (Å²) in [5.41, 5.74) is 5.58. The van der Waals surface area contributed by atoms with Gasteiger partial charge >= 0.3 is 0 Å². The Morgan fingerprint density at radius 3 is 2.19 bits per heavy atom. The quantitative estimate of drug-likeness (QED) is 0.570. The molecule has 0 unspecified atom stereocenters. The Hall–Kier alpha value is -3.46. The Balaban J connectivity index is 2.01. The van der Waals surface area contributed by atoms with Crippen LogP contribution in [0.2, 0.25) is 0 Å². The van der Waals surface area contributed by atoms with Gasteiger partial charge in [0.15, 0.2) is 0 Å². The zero-order chi connectivity index (χ0) is 18.4. The molecule has 2 aromatic carbocycles. The minimum absolute atomic E-state index is 0.529. The summed E-state index contributed by atoms with van der Waals surface area (Å²) < 4.78 is 6.25. The van der Waals surface area contributed by atoms with E-state index >= 15 is 0 Å². The Morgan fingerprint density at radius 1 is 0.926 bits per heavy atom. The maximum absolute atomic E-state index is 6.25. The molecule has 3 nitrogen and oxygen atoms in total. The Kier molecular flexibility index (Phi) is 3.37. The monoisotopic (exact) mass is 350 g/mol. The lowest BCUT2D eigenvalue weighted by Crippen LogP contribution is -2.32. The van der Waals surface area contributed by atoms with Crippen LogP contribution >= 0.6 is 0 Å². The number of hydrogen-bond acceptors (Lipinski definition) is 3. The molecule has 1 aromatic heterocycles. The van der Waals surface area contributed by atoms with Gasteiger partial charge in [-0.2, -0.15) is 0 Å². The summed E-state index contributed by atoms with van der Waals surface area (Å²) in [4.78, 5) is 9.39. The molecule has 3 heteroatoms. The van der Waals surface area contributed by atoms with Crippen LogP contribution in [0.5, 0.6) is 11.5 Å². The highest BCUT2D eigenvalue weighted by molar-refractivity contribution is 5.89. The Morgan fingerprint density at radius 2 is 1.56 bits per heavy atom. The van der Waals surface area contributed by atoms with Crippen LogP contribution in [0.4, 0.5) is 0 Å². The molecule has 1 aliphatic carbocycles. The largest absolute Gasteiger partial charge is 0.457 e. The number of benzene rings is 2. The molecule has 0 amide bonds. The van der Waals surface area contributed by atoms with Crippen molar-refractivity contribution in [2.45, 2.75) is 12.3 Å². The molecule has 0 saturated carbocycles. The molecule has 1 spiro atoms. The smallest absolute Gasteiger partial charge is 0.132 e. The van der Waals surface area contributed by atoms with E-state index in [0.29, 0.717) is 0 Å². The summed E-state index contributed by atoms with van der Waals surface area (Å²) in [6.45, 7) is 6.08. The summed E-state index contributed by atoms with van der Waals surface area (Å²) in [5.74, 6) is 1.71. The van der Waals surface area contributed by atoms with E-state index in [-0.39, 0.29) is 0 Å². The first-order valence-corrected chi connectivity index (χ1v) is 9.01. The first-order chi connectivity index (χ1) is 13.3. The van der Waals surface area contributed by atoms with Crippen molar-refractivity contribution in [1.29, 1.82) is 0 Å². The number of nitrogens with zero attached hydrogens (tertiary/aromatic N) is 2. The highest BCUT2D eigenvalue weighted by Crippen LogP contribution is 2.60. The van der Waals surface area contributed by atoms with Gasteiger partial charge in [-0.1, -0.05) is 55.1 Å². The summed E-state index contributed by atoms with van der Waals surface area (Å²) in [6, 6.07) is 20.5. The molecule has 3 aromatic rings. The molecule has 2 heterocycles. The third kappa shape index (κ3) is 1.91. The van der Waals surface area contributed by atoms with E-state index in [2.05, 4.69) is 36.9 Å². The average molecular weight is 350 g/mol. The van der Waals surface area contributed by atoms with E-state index < -0.39 is 5.41 Å². The van der Waals surface area contributed by atoms with Gasteiger partial charge in [-0.3, -0.25) is 9.98 Å². The van der Waals surface area contributed by atoms with Crippen molar-refractivity contribution in [3.05, 3.63) is 107 Å². The predicted molar refractivity (Wildman–Crippen MR) is 108 cm³/mol. The molecule has 0 radical (unpaired) electrons. The fourth-order valence-corrected chi connectivity index (χ4v) is 4.43. The first kappa shape index (κ1) is 15.8. The van der Waals surface area contributed by atoms with E-state index in [1.807, 2.05) is 55.7 Å². The number of ether oxygens (including phenoxy) is 1. The second kappa shape index (κ2) is 5.78. The van der Waals surface area contributed by atoms with Crippen LogP contribution in [0.15, 0.2) is 90.1 Å². The van der Waals surface area contributed by atoms with Gasteiger partial charge in [-0.15, -0.1) is 0 Å². The van der Waals surface area contributed by atoms with E-state index in [4.69, 9.17) is 14.7 Å². The van der Waals surface area contributed by atoms with E-state index in [1.165, 1.54) is 0 Å². The van der Waals surface area contributed by atoms with Crippen LogP contribution in [0, 0.1) is 0 Å². The number of pyridine rings is 1. The maximum Gasteiger partial charge on any atom is 0.132 e. The summed E-state index contributed by atoms with van der Waals surface area (Å²) in [7, 11) is 0. The van der Waals surface area contributed by atoms with Crippen LogP contribution in [0.25, 0.3) is 5.70 Å². The van der Waals surface area contributed by atoms with Crippen LogP contribution in [-0.4, -0.2) is 11.2 Å². The van der Waals surface area contributed by atoms with Gasteiger partial charge in [0.05, 0.1) is 16.8 Å².